The van der Waals surface area contributed by atoms with Gasteiger partial charge in [-0.1, -0.05) is 0 Å². The number of methoxy groups -OCH3 is 3. The van der Waals surface area contributed by atoms with E-state index in [4.69, 9.17) is 0 Å². The number of benzene rings is 1. The molecule has 0 aliphatic rings. The van der Waals surface area contributed by atoms with Crippen molar-refractivity contribution in [3.8, 4) is 5.75 Å². The summed E-state index contributed by atoms with van der Waals surface area (Å²) in [7, 11) is 3.47. The first-order valence-electron chi connectivity index (χ1n) is 6.52. The van der Waals surface area contributed by atoms with Gasteiger partial charge >= 0.3 is 18.0 Å². The van der Waals surface area contributed by atoms with Gasteiger partial charge in [0, 0.05) is 17.1 Å². The first-order valence-corrected chi connectivity index (χ1v) is 6.52. The van der Waals surface area contributed by atoms with Gasteiger partial charge in [-0.3, -0.25) is 14.2 Å². The van der Waals surface area contributed by atoms with E-state index in [1.54, 1.807) is 0 Å². The highest BCUT2D eigenvalue weighted by atomic mass is 16.5. The molecule has 0 amide bonds. The molecule has 0 aliphatic heterocycles. The van der Waals surface area contributed by atoms with Crippen molar-refractivity contribution in [2.75, 3.05) is 21.3 Å². The number of ether oxygens (including phenoxy) is 3. The second-order valence-electron chi connectivity index (χ2n) is 4.61. The number of hydrogen-bond acceptors (Lipinski definition) is 7. The number of phenols is 1. The Bertz CT molecular complexity index is 761. The van der Waals surface area contributed by atoms with Gasteiger partial charge in [-0.15, -0.1) is 0 Å². The molecule has 0 radical (unpaired) electrons. The summed E-state index contributed by atoms with van der Waals surface area (Å²) in [6.45, 7) is 0. The minimum Gasteiger partial charge on any atom is -0.508 e. The van der Waals surface area contributed by atoms with Gasteiger partial charge in [0.05, 0.1) is 26.8 Å². The lowest BCUT2D eigenvalue weighted by molar-refractivity contribution is -0.154. The van der Waals surface area contributed by atoms with Crippen LogP contribution in [0.2, 0.25) is 0 Å². The molecule has 1 heterocycles. The Morgan fingerprint density at radius 1 is 1.04 bits per heavy atom. The number of rotatable bonds is 3. The first-order chi connectivity index (χ1) is 10.9. The molecule has 2 aromatic rings. The van der Waals surface area contributed by atoms with Crippen LogP contribution in [0.3, 0.4) is 0 Å². The van der Waals surface area contributed by atoms with Crippen LogP contribution in [-0.4, -0.2) is 49.0 Å². The zero-order chi connectivity index (χ0) is 17.1. The normalized spacial score (nSPS) is 10.6. The van der Waals surface area contributed by atoms with Crippen LogP contribution in [0.5, 0.6) is 5.75 Å². The van der Waals surface area contributed by atoms with Gasteiger partial charge in [-0.05, 0) is 18.2 Å². The maximum atomic E-state index is 12.0. The topological polar surface area (TPSA) is 104 Å². The van der Waals surface area contributed by atoms with Crippen molar-refractivity contribution < 1.29 is 33.7 Å². The maximum Gasteiger partial charge on any atom is 0.418 e. The molecular formula is C15H15NO7. The predicted molar refractivity (Wildman–Crippen MR) is 78.2 cm³/mol. The molecule has 0 atom stereocenters. The Balaban J connectivity index is 2.76. The number of fused-ring (bicyclic) bond motifs is 1. The molecule has 1 N–H and O–H groups in total. The molecule has 0 unspecified atom stereocenters. The van der Waals surface area contributed by atoms with E-state index in [0.717, 1.165) is 18.8 Å². The fraction of sp³-hybridized carbons (Fsp3) is 0.267. The van der Waals surface area contributed by atoms with Crippen molar-refractivity contribution in [2.24, 2.45) is 0 Å². The molecule has 0 saturated carbocycles. The SMILES string of the molecule is COC(=O)C(C(=O)OC)c1cn(C(=O)OC)c2ccc(O)cc12. The van der Waals surface area contributed by atoms with Gasteiger partial charge in [0.1, 0.15) is 5.75 Å². The number of esters is 2. The smallest absolute Gasteiger partial charge is 0.418 e. The van der Waals surface area contributed by atoms with E-state index in [-0.39, 0.29) is 11.3 Å². The van der Waals surface area contributed by atoms with Crippen molar-refractivity contribution >= 4 is 28.9 Å². The third-order valence-electron chi connectivity index (χ3n) is 3.37. The highest BCUT2D eigenvalue weighted by Crippen LogP contribution is 2.32. The molecule has 0 saturated heterocycles. The van der Waals surface area contributed by atoms with Crippen molar-refractivity contribution in [3.05, 3.63) is 30.0 Å². The molecular weight excluding hydrogens is 306 g/mol. The van der Waals surface area contributed by atoms with E-state index in [0.29, 0.717) is 10.9 Å². The number of phenolic OH excluding ortho intramolecular Hbond substituents is 1. The van der Waals surface area contributed by atoms with E-state index in [9.17, 15) is 19.5 Å². The average molecular weight is 321 g/mol. The van der Waals surface area contributed by atoms with Crippen LogP contribution in [-0.2, 0) is 23.8 Å². The summed E-state index contributed by atoms with van der Waals surface area (Å²) in [6, 6.07) is 4.18. The fourth-order valence-electron chi connectivity index (χ4n) is 2.31. The lowest BCUT2D eigenvalue weighted by atomic mass is 9.98. The van der Waals surface area contributed by atoms with E-state index in [1.807, 2.05) is 0 Å². The number of carbonyl (C=O) groups excluding carboxylic acids is 3. The molecule has 1 aromatic heterocycles. The third kappa shape index (κ3) is 2.83. The zero-order valence-electron chi connectivity index (χ0n) is 12.7. The summed E-state index contributed by atoms with van der Waals surface area (Å²) >= 11 is 0. The Labute approximate surface area is 131 Å². The second kappa shape index (κ2) is 6.39. The summed E-state index contributed by atoms with van der Waals surface area (Å²) < 4.78 is 15.1. The quantitative estimate of drug-likeness (QED) is 0.517. The van der Waals surface area contributed by atoms with Crippen LogP contribution in [0.25, 0.3) is 10.9 Å². The van der Waals surface area contributed by atoms with Crippen molar-refractivity contribution in [3.63, 3.8) is 0 Å². The molecule has 0 aliphatic carbocycles. The summed E-state index contributed by atoms with van der Waals surface area (Å²) in [5.41, 5.74) is 0.530. The van der Waals surface area contributed by atoms with Crippen molar-refractivity contribution in [2.45, 2.75) is 5.92 Å². The van der Waals surface area contributed by atoms with Gasteiger partial charge in [0.15, 0.2) is 5.92 Å². The molecule has 0 spiro atoms. The number of nitrogens with zero attached hydrogens (tertiary/aromatic N) is 1. The van der Waals surface area contributed by atoms with E-state index < -0.39 is 23.9 Å². The summed E-state index contributed by atoms with van der Waals surface area (Å²) in [6.07, 6.45) is 0.578. The van der Waals surface area contributed by atoms with Gasteiger partial charge in [0.2, 0.25) is 0 Å². The van der Waals surface area contributed by atoms with Crippen LogP contribution < -0.4 is 0 Å². The Morgan fingerprint density at radius 3 is 2.17 bits per heavy atom. The first kappa shape index (κ1) is 16.3. The Hall–Kier alpha value is -3.03. The standard InChI is InChI=1S/C15H15NO7/c1-21-13(18)12(14(19)22-2)10-7-16(15(20)23-3)11-5-4-8(17)6-9(10)11/h4-7,12,17H,1-3H3. The minimum atomic E-state index is -1.39. The summed E-state index contributed by atoms with van der Waals surface area (Å²) in [4.78, 5) is 35.8. The van der Waals surface area contributed by atoms with Gasteiger partial charge < -0.3 is 19.3 Å². The largest absolute Gasteiger partial charge is 0.508 e. The number of aromatic nitrogens is 1. The number of hydrogen-bond donors (Lipinski definition) is 1. The summed E-state index contributed by atoms with van der Waals surface area (Å²) in [5, 5.41) is 10.0. The molecule has 8 nitrogen and oxygen atoms in total. The monoisotopic (exact) mass is 321 g/mol. The van der Waals surface area contributed by atoms with Crippen LogP contribution in [0, 0.1) is 0 Å². The molecule has 1 aromatic carbocycles. The van der Waals surface area contributed by atoms with Crippen molar-refractivity contribution in [1.82, 2.24) is 4.57 Å². The van der Waals surface area contributed by atoms with Crippen LogP contribution in [0.15, 0.2) is 24.4 Å². The maximum absolute atomic E-state index is 12.0. The Kier molecular flexibility index (Phi) is 4.54. The highest BCUT2D eigenvalue weighted by molar-refractivity contribution is 6.06. The van der Waals surface area contributed by atoms with Gasteiger partial charge in [0.25, 0.3) is 0 Å². The fourth-order valence-corrected chi connectivity index (χ4v) is 2.31. The molecule has 122 valence electrons. The highest BCUT2D eigenvalue weighted by Gasteiger charge is 2.34. The molecule has 2 rings (SSSR count). The molecule has 8 heteroatoms. The number of carbonyl (C=O) groups is 3. The van der Waals surface area contributed by atoms with Crippen LogP contribution >= 0.6 is 0 Å². The van der Waals surface area contributed by atoms with Gasteiger partial charge in [-0.25, -0.2) is 4.79 Å². The van der Waals surface area contributed by atoms with E-state index in [2.05, 4.69) is 14.2 Å². The molecule has 23 heavy (non-hydrogen) atoms. The van der Waals surface area contributed by atoms with Crippen LogP contribution in [0.4, 0.5) is 4.79 Å². The summed E-state index contributed by atoms with van der Waals surface area (Å²) in [5.74, 6) is -3.16. The van der Waals surface area contributed by atoms with Gasteiger partial charge in [-0.2, -0.15) is 0 Å². The predicted octanol–water partition coefficient (Wildman–Crippen LogP) is 1.39. The van der Waals surface area contributed by atoms with Crippen molar-refractivity contribution in [1.29, 1.82) is 0 Å². The number of aromatic hydroxyl groups is 1. The second-order valence-corrected chi connectivity index (χ2v) is 4.61. The molecule has 0 fully saturated rings. The lowest BCUT2D eigenvalue weighted by Gasteiger charge is -2.11. The Morgan fingerprint density at radius 2 is 1.65 bits per heavy atom. The van der Waals surface area contributed by atoms with E-state index in [1.165, 1.54) is 31.5 Å². The minimum absolute atomic E-state index is 0.0881. The average Bonchev–Trinajstić information content (AvgIpc) is 2.92. The molecule has 0 bridgehead atoms. The van der Waals surface area contributed by atoms with Crippen LogP contribution in [0.1, 0.15) is 11.5 Å². The zero-order valence-corrected chi connectivity index (χ0v) is 12.7. The third-order valence-corrected chi connectivity index (χ3v) is 3.37. The lowest BCUT2D eigenvalue weighted by Crippen LogP contribution is -2.24. The van der Waals surface area contributed by atoms with E-state index >= 15 is 0 Å².